The van der Waals surface area contributed by atoms with Gasteiger partial charge in [-0.05, 0) is 12.3 Å². The molecule has 0 bridgehead atoms. The maximum absolute atomic E-state index is 11.3. The minimum atomic E-state index is -0.138. The highest BCUT2D eigenvalue weighted by Gasteiger charge is 2.28. The van der Waals surface area contributed by atoms with Crippen LogP contribution in [0.1, 0.15) is 37.5 Å². The van der Waals surface area contributed by atoms with E-state index in [9.17, 15) is 4.79 Å². The number of benzene rings is 1. The minimum absolute atomic E-state index is 0.0146. The van der Waals surface area contributed by atoms with E-state index in [1.165, 1.54) is 5.56 Å². The number of hydrogen-bond donors (Lipinski definition) is 0. The molecule has 2 heteroatoms. The topological polar surface area (TPSA) is 26.3 Å². The molecule has 0 spiro atoms. The van der Waals surface area contributed by atoms with E-state index in [1.54, 1.807) is 0 Å². The maximum atomic E-state index is 11.3. The lowest BCUT2D eigenvalue weighted by molar-refractivity contribution is -0.131. The molecule has 1 heterocycles. The van der Waals surface area contributed by atoms with Gasteiger partial charge < -0.3 is 4.74 Å². The van der Waals surface area contributed by atoms with Crippen LogP contribution in [-0.2, 0) is 16.6 Å². The molecule has 15 heavy (non-hydrogen) atoms. The molecule has 0 unspecified atom stereocenters. The Balaban J connectivity index is 2.62. The number of carbonyl (C=O) groups excluding carboxylic acids is 1. The van der Waals surface area contributed by atoms with Gasteiger partial charge in [0.05, 0.1) is 6.42 Å². The summed E-state index contributed by atoms with van der Waals surface area (Å²) in [6, 6.07) is 4.15. The molecule has 0 aromatic heterocycles. The van der Waals surface area contributed by atoms with E-state index in [0.717, 1.165) is 16.9 Å². The zero-order valence-corrected chi connectivity index (χ0v) is 9.68. The van der Waals surface area contributed by atoms with E-state index in [2.05, 4.69) is 33.8 Å². The van der Waals surface area contributed by atoms with Crippen LogP contribution in [0.2, 0.25) is 0 Å². The SMILES string of the molecule is Cc1cc2c(c(C(C)(C)C)c1)OC(=O)C2. The van der Waals surface area contributed by atoms with E-state index in [0.29, 0.717) is 6.42 Å². The molecular weight excluding hydrogens is 188 g/mol. The molecule has 1 aliphatic heterocycles. The number of fused-ring (bicyclic) bond motifs is 1. The molecule has 0 fully saturated rings. The fraction of sp³-hybridized carbons (Fsp3) is 0.462. The van der Waals surface area contributed by atoms with Gasteiger partial charge in [-0.2, -0.15) is 0 Å². The van der Waals surface area contributed by atoms with Crippen molar-refractivity contribution in [1.82, 2.24) is 0 Å². The Kier molecular flexibility index (Phi) is 2.10. The van der Waals surface area contributed by atoms with Gasteiger partial charge in [-0.3, -0.25) is 4.79 Å². The average molecular weight is 204 g/mol. The zero-order valence-electron chi connectivity index (χ0n) is 9.68. The first kappa shape index (κ1) is 10.2. The fourth-order valence-corrected chi connectivity index (χ4v) is 1.96. The van der Waals surface area contributed by atoms with Crippen molar-refractivity contribution < 1.29 is 9.53 Å². The minimum Gasteiger partial charge on any atom is -0.426 e. The van der Waals surface area contributed by atoms with Gasteiger partial charge in [-0.25, -0.2) is 0 Å². The molecule has 2 rings (SSSR count). The number of esters is 1. The fourth-order valence-electron chi connectivity index (χ4n) is 1.96. The lowest BCUT2D eigenvalue weighted by Crippen LogP contribution is -2.13. The van der Waals surface area contributed by atoms with Crippen molar-refractivity contribution in [3.63, 3.8) is 0 Å². The van der Waals surface area contributed by atoms with Gasteiger partial charge in [0.1, 0.15) is 5.75 Å². The molecule has 80 valence electrons. The third-order valence-electron chi connectivity index (χ3n) is 2.67. The Morgan fingerprint density at radius 1 is 1.27 bits per heavy atom. The van der Waals surface area contributed by atoms with E-state index in [4.69, 9.17) is 4.74 Å². The lowest BCUT2D eigenvalue weighted by atomic mass is 9.84. The van der Waals surface area contributed by atoms with Gasteiger partial charge in [0.15, 0.2) is 0 Å². The van der Waals surface area contributed by atoms with Gasteiger partial charge >= 0.3 is 5.97 Å². The van der Waals surface area contributed by atoms with Crippen LogP contribution in [0.15, 0.2) is 12.1 Å². The highest BCUT2D eigenvalue weighted by Crippen LogP contribution is 2.38. The molecule has 0 atom stereocenters. The third-order valence-corrected chi connectivity index (χ3v) is 2.67. The number of carbonyl (C=O) groups is 1. The molecule has 0 radical (unpaired) electrons. The Morgan fingerprint density at radius 3 is 2.53 bits per heavy atom. The Labute approximate surface area is 90.3 Å². The first-order chi connectivity index (χ1) is 6.88. The van der Waals surface area contributed by atoms with Crippen LogP contribution in [0.5, 0.6) is 5.75 Å². The molecule has 0 aliphatic carbocycles. The number of rotatable bonds is 0. The lowest BCUT2D eigenvalue weighted by Gasteiger charge is -2.22. The molecule has 0 N–H and O–H groups in total. The van der Waals surface area contributed by atoms with Crippen molar-refractivity contribution in [2.24, 2.45) is 0 Å². The maximum Gasteiger partial charge on any atom is 0.315 e. The highest BCUT2D eigenvalue weighted by atomic mass is 16.5. The van der Waals surface area contributed by atoms with Crippen molar-refractivity contribution in [2.75, 3.05) is 0 Å². The van der Waals surface area contributed by atoms with Gasteiger partial charge in [-0.1, -0.05) is 38.5 Å². The van der Waals surface area contributed by atoms with E-state index >= 15 is 0 Å². The van der Waals surface area contributed by atoms with Crippen molar-refractivity contribution in [3.8, 4) is 5.75 Å². The van der Waals surface area contributed by atoms with Crippen LogP contribution >= 0.6 is 0 Å². The second kappa shape index (κ2) is 3.09. The van der Waals surface area contributed by atoms with E-state index in [1.807, 2.05) is 6.07 Å². The summed E-state index contributed by atoms with van der Waals surface area (Å²) in [5.74, 6) is 0.652. The van der Waals surface area contributed by atoms with E-state index in [-0.39, 0.29) is 11.4 Å². The Bertz CT molecular complexity index is 425. The first-order valence-corrected chi connectivity index (χ1v) is 5.22. The van der Waals surface area contributed by atoms with Crippen LogP contribution in [-0.4, -0.2) is 5.97 Å². The van der Waals surface area contributed by atoms with Crippen molar-refractivity contribution in [2.45, 2.75) is 39.5 Å². The van der Waals surface area contributed by atoms with Crippen LogP contribution in [0.4, 0.5) is 0 Å². The van der Waals surface area contributed by atoms with Crippen molar-refractivity contribution >= 4 is 5.97 Å². The molecule has 0 saturated carbocycles. The van der Waals surface area contributed by atoms with Gasteiger partial charge in [-0.15, -0.1) is 0 Å². The first-order valence-electron chi connectivity index (χ1n) is 5.22. The second-order valence-electron chi connectivity index (χ2n) is 5.20. The van der Waals surface area contributed by atoms with E-state index < -0.39 is 0 Å². The Hall–Kier alpha value is -1.31. The summed E-state index contributed by atoms with van der Waals surface area (Å²) in [5.41, 5.74) is 3.37. The quantitative estimate of drug-likeness (QED) is 0.480. The highest BCUT2D eigenvalue weighted by molar-refractivity contribution is 5.82. The predicted molar refractivity (Wildman–Crippen MR) is 59.2 cm³/mol. The van der Waals surface area contributed by atoms with Gasteiger partial charge in [0, 0.05) is 11.1 Å². The van der Waals surface area contributed by atoms with Gasteiger partial charge in [0.25, 0.3) is 0 Å². The predicted octanol–water partition coefficient (Wildman–Crippen LogP) is 2.75. The molecule has 2 nitrogen and oxygen atoms in total. The summed E-state index contributed by atoms with van der Waals surface area (Å²) in [6.45, 7) is 8.45. The third kappa shape index (κ3) is 1.76. The summed E-state index contributed by atoms with van der Waals surface area (Å²) >= 11 is 0. The summed E-state index contributed by atoms with van der Waals surface area (Å²) < 4.78 is 5.28. The number of hydrogen-bond acceptors (Lipinski definition) is 2. The number of aryl methyl sites for hydroxylation is 1. The van der Waals surface area contributed by atoms with Crippen LogP contribution in [0, 0.1) is 6.92 Å². The Morgan fingerprint density at radius 2 is 1.93 bits per heavy atom. The van der Waals surface area contributed by atoms with Crippen LogP contribution < -0.4 is 4.74 Å². The monoisotopic (exact) mass is 204 g/mol. The summed E-state index contributed by atoms with van der Waals surface area (Å²) in [6.07, 6.45) is 0.417. The standard InChI is InChI=1S/C13H16O2/c1-8-5-9-7-11(14)15-12(9)10(6-8)13(2,3)4/h5-6H,7H2,1-4H3. The molecule has 1 aromatic rings. The molecule has 1 aliphatic rings. The second-order valence-corrected chi connectivity index (χ2v) is 5.20. The molecule has 1 aromatic carbocycles. The largest absolute Gasteiger partial charge is 0.426 e. The van der Waals surface area contributed by atoms with Crippen LogP contribution in [0.25, 0.3) is 0 Å². The zero-order chi connectivity index (χ0) is 11.2. The van der Waals surface area contributed by atoms with Crippen LogP contribution in [0.3, 0.4) is 0 Å². The summed E-state index contributed by atoms with van der Waals surface area (Å²) in [4.78, 5) is 11.3. The molecule has 0 saturated heterocycles. The normalized spacial score (nSPS) is 15.1. The summed E-state index contributed by atoms with van der Waals surface area (Å²) in [5, 5.41) is 0. The molecule has 0 amide bonds. The average Bonchev–Trinajstić information content (AvgIpc) is 2.41. The van der Waals surface area contributed by atoms with Gasteiger partial charge in [0.2, 0.25) is 0 Å². The summed E-state index contributed by atoms with van der Waals surface area (Å²) in [7, 11) is 0. The number of ether oxygens (including phenoxy) is 1. The van der Waals surface area contributed by atoms with Crippen molar-refractivity contribution in [1.29, 1.82) is 0 Å². The van der Waals surface area contributed by atoms with Crippen molar-refractivity contribution in [3.05, 3.63) is 28.8 Å². The smallest absolute Gasteiger partial charge is 0.315 e. The molecular formula is C13H16O2.